The molecule has 0 radical (unpaired) electrons. The van der Waals surface area contributed by atoms with E-state index in [0.29, 0.717) is 33.6 Å². The molecule has 1 aliphatic heterocycles. The van der Waals surface area contributed by atoms with E-state index in [2.05, 4.69) is 43.4 Å². The van der Waals surface area contributed by atoms with Gasteiger partial charge in [-0.25, -0.2) is 9.97 Å². The highest BCUT2D eigenvalue weighted by Crippen LogP contribution is 2.40. The van der Waals surface area contributed by atoms with Crippen molar-refractivity contribution < 1.29 is 14.3 Å². The van der Waals surface area contributed by atoms with E-state index in [4.69, 9.17) is 15.2 Å². The molecule has 2 N–H and O–H groups in total. The molecule has 12 heteroatoms. The molecule has 2 aromatic heterocycles. The number of nitrogens with two attached hydrogens (primary N) is 1. The van der Waals surface area contributed by atoms with Crippen molar-refractivity contribution in [1.29, 1.82) is 0 Å². The lowest BCUT2D eigenvalue weighted by Crippen LogP contribution is -2.45. The van der Waals surface area contributed by atoms with Crippen LogP contribution in [0, 0.1) is 0 Å². The Kier molecular flexibility index (Phi) is 7.13. The molecule has 3 heterocycles. The molecule has 0 spiro atoms. The molecule has 0 saturated carbocycles. The van der Waals surface area contributed by atoms with Gasteiger partial charge in [-0.05, 0) is 24.9 Å². The molecule has 2 aromatic rings. The molecule has 31 heavy (non-hydrogen) atoms. The van der Waals surface area contributed by atoms with E-state index in [0.717, 1.165) is 37.9 Å². The minimum Gasteiger partial charge on any atom is -0.480 e. The first kappa shape index (κ1) is 22.6. The van der Waals surface area contributed by atoms with Gasteiger partial charge in [0.2, 0.25) is 17.7 Å². The summed E-state index contributed by atoms with van der Waals surface area (Å²) in [5.41, 5.74) is 5.93. The Morgan fingerprint density at radius 3 is 2.32 bits per heavy atom. The normalized spacial score (nSPS) is 14.3. The maximum Gasteiger partial charge on any atom is 0.251 e. The molecule has 0 aliphatic carbocycles. The van der Waals surface area contributed by atoms with Crippen LogP contribution in [0.1, 0.15) is 0 Å². The number of anilines is 3. The zero-order chi connectivity index (χ0) is 22.5. The average molecular weight is 447 g/mol. The summed E-state index contributed by atoms with van der Waals surface area (Å²) in [6.07, 6.45) is 1.20. The van der Waals surface area contributed by atoms with Crippen LogP contribution >= 0.6 is 11.8 Å². The summed E-state index contributed by atoms with van der Waals surface area (Å²) >= 11 is 1.14. The number of carbonyl (C=O) groups is 1. The fourth-order valence-corrected chi connectivity index (χ4v) is 3.81. The van der Waals surface area contributed by atoms with Gasteiger partial charge >= 0.3 is 0 Å². The van der Waals surface area contributed by atoms with Crippen molar-refractivity contribution in [3.8, 4) is 11.8 Å². The number of nitrogens with zero attached hydrogens (tertiary/aromatic N) is 7. The molecule has 0 unspecified atom stereocenters. The van der Waals surface area contributed by atoms with Gasteiger partial charge in [-0.2, -0.15) is 9.97 Å². The topological polar surface area (TPSA) is 123 Å². The molecule has 0 bridgehead atoms. The van der Waals surface area contributed by atoms with E-state index in [1.807, 2.05) is 0 Å². The third kappa shape index (κ3) is 5.14. The first-order valence-electron chi connectivity index (χ1n) is 9.52. The van der Waals surface area contributed by atoms with Crippen molar-refractivity contribution in [1.82, 2.24) is 24.8 Å². The Balaban J connectivity index is 1.95. The summed E-state index contributed by atoms with van der Waals surface area (Å²) in [6, 6.07) is 1.51. The molecule has 3 rings (SSSR count). The standard InChI is InChI=1S/C19H26N8O3S/c1-6-14(28)26(3)13-11-12(20)21-19(22-13)31-15-16(29-4)23-18(24-17(15)30-5)27-9-7-25(2)8-10-27/h6,11H,1,7-10H2,2-5H3,(H2,20,21,22). The Bertz CT molecular complexity index is 940. The molecule has 1 amide bonds. The van der Waals surface area contributed by atoms with E-state index in [9.17, 15) is 4.79 Å². The smallest absolute Gasteiger partial charge is 0.251 e. The van der Waals surface area contributed by atoms with Crippen LogP contribution in [0.2, 0.25) is 0 Å². The fourth-order valence-electron chi connectivity index (χ4n) is 2.90. The summed E-state index contributed by atoms with van der Waals surface area (Å²) < 4.78 is 11.0. The van der Waals surface area contributed by atoms with Crippen LogP contribution in [0.25, 0.3) is 0 Å². The number of nitrogen functional groups attached to an aromatic ring is 1. The number of ether oxygens (including phenoxy) is 2. The van der Waals surface area contributed by atoms with Crippen LogP contribution in [0.15, 0.2) is 28.8 Å². The van der Waals surface area contributed by atoms with Gasteiger partial charge in [0.1, 0.15) is 16.5 Å². The van der Waals surface area contributed by atoms with Gasteiger partial charge in [0.15, 0.2) is 5.16 Å². The lowest BCUT2D eigenvalue weighted by molar-refractivity contribution is -0.113. The van der Waals surface area contributed by atoms with Crippen molar-refractivity contribution in [2.75, 3.05) is 70.0 Å². The Morgan fingerprint density at radius 1 is 1.16 bits per heavy atom. The second-order valence-electron chi connectivity index (χ2n) is 6.80. The third-order valence-corrected chi connectivity index (χ3v) is 5.64. The summed E-state index contributed by atoms with van der Waals surface area (Å²) in [6.45, 7) is 6.94. The van der Waals surface area contributed by atoms with Gasteiger partial charge in [-0.3, -0.25) is 9.69 Å². The van der Waals surface area contributed by atoms with Gasteiger partial charge in [0.25, 0.3) is 5.91 Å². The minimum atomic E-state index is -0.316. The number of hydrogen-bond donors (Lipinski definition) is 1. The van der Waals surface area contributed by atoms with Crippen LogP contribution in [0.4, 0.5) is 17.6 Å². The zero-order valence-corrected chi connectivity index (χ0v) is 18.8. The van der Waals surface area contributed by atoms with Crippen LogP contribution in [-0.2, 0) is 4.79 Å². The van der Waals surface area contributed by atoms with Crippen LogP contribution in [0.3, 0.4) is 0 Å². The van der Waals surface area contributed by atoms with Crippen LogP contribution < -0.4 is 25.0 Å². The third-order valence-electron chi connectivity index (χ3n) is 4.72. The lowest BCUT2D eigenvalue weighted by Gasteiger charge is -2.32. The molecular weight excluding hydrogens is 420 g/mol. The van der Waals surface area contributed by atoms with Crippen molar-refractivity contribution in [3.63, 3.8) is 0 Å². The highest BCUT2D eigenvalue weighted by atomic mass is 32.2. The minimum absolute atomic E-state index is 0.212. The molecular formula is C19H26N8O3S. The SMILES string of the molecule is C=CC(=O)N(C)c1cc(N)nc(Sc2c(OC)nc(N3CCN(C)CC3)nc2OC)n1. The second-order valence-corrected chi connectivity index (χ2v) is 7.78. The molecule has 1 saturated heterocycles. The Labute approximate surface area is 185 Å². The summed E-state index contributed by atoms with van der Waals surface area (Å²) in [4.78, 5) is 35.9. The Hall–Kier alpha value is -3.12. The number of aromatic nitrogens is 4. The second kappa shape index (κ2) is 9.79. The van der Waals surface area contributed by atoms with Crippen LogP contribution in [-0.4, -0.2) is 85.2 Å². The summed E-state index contributed by atoms with van der Waals surface area (Å²) in [7, 11) is 6.72. The number of amides is 1. The summed E-state index contributed by atoms with van der Waals surface area (Å²) in [5.74, 6) is 1.46. The van der Waals surface area contributed by atoms with E-state index >= 15 is 0 Å². The zero-order valence-electron chi connectivity index (χ0n) is 18.0. The van der Waals surface area contributed by atoms with E-state index in [1.165, 1.54) is 31.3 Å². The average Bonchev–Trinajstić information content (AvgIpc) is 2.78. The number of piperazine rings is 1. The van der Waals surface area contributed by atoms with Crippen molar-refractivity contribution >= 4 is 35.3 Å². The van der Waals surface area contributed by atoms with Gasteiger partial charge < -0.3 is 25.0 Å². The quantitative estimate of drug-likeness (QED) is 0.482. The first-order chi connectivity index (χ1) is 14.9. The highest BCUT2D eigenvalue weighted by molar-refractivity contribution is 7.99. The van der Waals surface area contributed by atoms with E-state index in [-0.39, 0.29) is 11.7 Å². The molecule has 1 fully saturated rings. The fraction of sp³-hybridized carbons (Fsp3) is 0.421. The number of carbonyl (C=O) groups excluding carboxylic acids is 1. The number of rotatable bonds is 7. The predicted octanol–water partition coefficient (Wildman–Crippen LogP) is 0.918. The van der Waals surface area contributed by atoms with Crippen molar-refractivity contribution in [2.24, 2.45) is 0 Å². The molecule has 0 atom stereocenters. The largest absolute Gasteiger partial charge is 0.480 e. The molecule has 166 valence electrons. The predicted molar refractivity (Wildman–Crippen MR) is 119 cm³/mol. The van der Waals surface area contributed by atoms with Crippen LogP contribution in [0.5, 0.6) is 11.8 Å². The molecule has 1 aliphatic rings. The van der Waals surface area contributed by atoms with Gasteiger partial charge in [-0.1, -0.05) is 6.58 Å². The van der Waals surface area contributed by atoms with Crippen molar-refractivity contribution in [2.45, 2.75) is 10.1 Å². The maximum absolute atomic E-state index is 11.9. The molecule has 11 nitrogen and oxygen atoms in total. The summed E-state index contributed by atoms with van der Waals surface area (Å²) in [5, 5.41) is 0.297. The van der Waals surface area contributed by atoms with Gasteiger partial charge in [0, 0.05) is 39.3 Å². The maximum atomic E-state index is 11.9. The monoisotopic (exact) mass is 446 g/mol. The first-order valence-corrected chi connectivity index (χ1v) is 10.3. The highest BCUT2D eigenvalue weighted by Gasteiger charge is 2.24. The Morgan fingerprint density at radius 2 is 1.77 bits per heavy atom. The van der Waals surface area contributed by atoms with E-state index < -0.39 is 0 Å². The van der Waals surface area contributed by atoms with Gasteiger partial charge in [0.05, 0.1) is 14.2 Å². The number of methoxy groups -OCH3 is 2. The lowest BCUT2D eigenvalue weighted by atomic mass is 10.3. The number of hydrogen-bond acceptors (Lipinski definition) is 11. The number of likely N-dealkylation sites (N-methyl/N-ethyl adjacent to an activating group) is 2. The van der Waals surface area contributed by atoms with Gasteiger partial charge in [-0.15, -0.1) is 0 Å². The molecule has 0 aromatic carbocycles. The van der Waals surface area contributed by atoms with E-state index in [1.54, 1.807) is 7.05 Å². The van der Waals surface area contributed by atoms with Crippen molar-refractivity contribution in [3.05, 3.63) is 18.7 Å².